The summed E-state index contributed by atoms with van der Waals surface area (Å²) in [7, 11) is 1.55. The molecule has 0 unspecified atom stereocenters. The largest absolute Gasteiger partial charge is 0.497 e. The lowest BCUT2D eigenvalue weighted by atomic mass is 10.1. The first-order valence-corrected chi connectivity index (χ1v) is 5.96. The molecule has 0 atom stereocenters. The molecule has 0 radical (unpaired) electrons. The Kier molecular flexibility index (Phi) is 3.06. The molecule has 0 bridgehead atoms. The zero-order valence-corrected chi connectivity index (χ0v) is 10.6. The summed E-state index contributed by atoms with van der Waals surface area (Å²) in [5.41, 5.74) is 1.39. The highest BCUT2D eigenvalue weighted by Crippen LogP contribution is 2.27. The highest BCUT2D eigenvalue weighted by Gasteiger charge is 2.16. The van der Waals surface area contributed by atoms with Crippen molar-refractivity contribution in [2.75, 3.05) is 7.11 Å². The van der Waals surface area contributed by atoms with E-state index in [4.69, 9.17) is 4.74 Å². The predicted molar refractivity (Wildman–Crippen MR) is 69.9 cm³/mol. The van der Waals surface area contributed by atoms with Crippen LogP contribution in [-0.2, 0) is 0 Å². The number of nitrogens with zero attached hydrogens (tertiary/aromatic N) is 3. The second-order valence-corrected chi connectivity index (χ2v) is 4.20. The first-order valence-electron chi connectivity index (χ1n) is 5.96. The predicted octanol–water partition coefficient (Wildman–Crippen LogP) is 3.34. The minimum Gasteiger partial charge on any atom is -0.497 e. The Bertz CT molecular complexity index is 755. The highest BCUT2D eigenvalue weighted by molar-refractivity contribution is 5.64. The third-order valence-corrected chi connectivity index (χ3v) is 2.98. The van der Waals surface area contributed by atoms with E-state index in [1.807, 2.05) is 0 Å². The summed E-state index contributed by atoms with van der Waals surface area (Å²) in [6.07, 6.45) is -1.17. The number of halogens is 2. The van der Waals surface area contributed by atoms with Crippen LogP contribution in [0.25, 0.3) is 16.9 Å². The van der Waals surface area contributed by atoms with Crippen molar-refractivity contribution in [3.63, 3.8) is 0 Å². The van der Waals surface area contributed by atoms with Crippen molar-refractivity contribution < 1.29 is 13.5 Å². The van der Waals surface area contributed by atoms with E-state index < -0.39 is 6.43 Å². The Morgan fingerprint density at radius 3 is 2.80 bits per heavy atom. The van der Waals surface area contributed by atoms with Crippen LogP contribution >= 0.6 is 0 Å². The van der Waals surface area contributed by atoms with Crippen molar-refractivity contribution in [3.8, 4) is 17.0 Å². The van der Waals surface area contributed by atoms with Crippen LogP contribution in [0.1, 0.15) is 12.1 Å². The van der Waals surface area contributed by atoms with Crippen molar-refractivity contribution in [2.24, 2.45) is 0 Å². The highest BCUT2D eigenvalue weighted by atomic mass is 19.3. The van der Waals surface area contributed by atoms with Crippen LogP contribution in [0.4, 0.5) is 8.78 Å². The van der Waals surface area contributed by atoms with Gasteiger partial charge in [-0.25, -0.2) is 18.3 Å². The smallest absolute Gasteiger partial charge is 0.280 e. The Hall–Kier alpha value is -2.50. The molecule has 0 saturated carbocycles. The van der Waals surface area contributed by atoms with E-state index in [0.29, 0.717) is 17.1 Å². The van der Waals surface area contributed by atoms with Crippen LogP contribution in [0.5, 0.6) is 5.75 Å². The van der Waals surface area contributed by atoms with Crippen molar-refractivity contribution in [2.45, 2.75) is 6.43 Å². The average Bonchev–Trinajstić information content (AvgIpc) is 2.94. The molecule has 102 valence electrons. The van der Waals surface area contributed by atoms with Crippen LogP contribution in [0.15, 0.2) is 42.6 Å². The van der Waals surface area contributed by atoms with Gasteiger partial charge in [-0.05, 0) is 18.2 Å². The molecule has 0 saturated heterocycles. The van der Waals surface area contributed by atoms with Crippen molar-refractivity contribution in [3.05, 3.63) is 48.3 Å². The standard InChI is InChI=1S/C14H11F2N3O/c1-20-10-4-2-3-9(7-10)11-8-12(14(15)16)19-13(18-11)5-6-17-19/h2-8,14H,1H3. The van der Waals surface area contributed by atoms with Gasteiger partial charge in [-0.3, -0.25) is 0 Å². The average molecular weight is 275 g/mol. The molecule has 1 aromatic carbocycles. The number of aromatic nitrogens is 3. The fraction of sp³-hybridized carbons (Fsp3) is 0.143. The lowest BCUT2D eigenvalue weighted by Gasteiger charge is -2.08. The number of benzene rings is 1. The zero-order valence-electron chi connectivity index (χ0n) is 10.6. The topological polar surface area (TPSA) is 39.4 Å². The van der Waals surface area contributed by atoms with Gasteiger partial charge in [0.25, 0.3) is 6.43 Å². The maximum atomic E-state index is 13.1. The maximum absolute atomic E-state index is 13.1. The fourth-order valence-corrected chi connectivity index (χ4v) is 2.02. The van der Waals surface area contributed by atoms with E-state index in [1.54, 1.807) is 37.4 Å². The number of hydrogen-bond acceptors (Lipinski definition) is 3. The van der Waals surface area contributed by atoms with Crippen molar-refractivity contribution >= 4 is 5.65 Å². The van der Waals surface area contributed by atoms with Crippen molar-refractivity contribution in [1.82, 2.24) is 14.6 Å². The van der Waals surface area contributed by atoms with E-state index in [9.17, 15) is 8.78 Å². The summed E-state index contributed by atoms with van der Waals surface area (Å²) in [6.45, 7) is 0. The van der Waals surface area contributed by atoms with Gasteiger partial charge in [0.2, 0.25) is 0 Å². The second-order valence-electron chi connectivity index (χ2n) is 4.20. The molecule has 2 heterocycles. The van der Waals surface area contributed by atoms with E-state index in [-0.39, 0.29) is 5.69 Å². The van der Waals surface area contributed by atoms with Gasteiger partial charge in [0, 0.05) is 11.6 Å². The molecule has 0 amide bonds. The minimum absolute atomic E-state index is 0.183. The maximum Gasteiger partial charge on any atom is 0.280 e. The summed E-state index contributed by atoms with van der Waals surface area (Å²) in [4.78, 5) is 4.34. The fourth-order valence-electron chi connectivity index (χ4n) is 2.02. The Labute approximate surface area is 113 Å². The van der Waals surface area contributed by atoms with Gasteiger partial charge < -0.3 is 4.74 Å². The van der Waals surface area contributed by atoms with Gasteiger partial charge in [0.15, 0.2) is 5.65 Å². The van der Waals surface area contributed by atoms with Crippen LogP contribution in [0.3, 0.4) is 0 Å². The van der Waals surface area contributed by atoms with E-state index >= 15 is 0 Å². The molecule has 0 fully saturated rings. The number of methoxy groups -OCH3 is 1. The molecule has 3 rings (SSSR count). The molecule has 0 spiro atoms. The number of fused-ring (bicyclic) bond motifs is 1. The summed E-state index contributed by atoms with van der Waals surface area (Å²) >= 11 is 0. The van der Waals surface area contributed by atoms with E-state index in [1.165, 1.54) is 12.3 Å². The lowest BCUT2D eigenvalue weighted by Crippen LogP contribution is -2.02. The van der Waals surface area contributed by atoms with Gasteiger partial charge in [-0.1, -0.05) is 12.1 Å². The summed E-state index contributed by atoms with van der Waals surface area (Å²) in [5.74, 6) is 0.649. The van der Waals surface area contributed by atoms with Crippen LogP contribution < -0.4 is 4.74 Å². The lowest BCUT2D eigenvalue weighted by molar-refractivity contribution is 0.143. The normalized spacial score (nSPS) is 11.2. The number of hydrogen-bond donors (Lipinski definition) is 0. The number of rotatable bonds is 3. The Balaban J connectivity index is 2.20. The molecule has 4 nitrogen and oxygen atoms in total. The Morgan fingerprint density at radius 2 is 2.05 bits per heavy atom. The van der Waals surface area contributed by atoms with Gasteiger partial charge >= 0.3 is 0 Å². The molecular weight excluding hydrogens is 264 g/mol. The summed E-state index contributed by atoms with van der Waals surface area (Å²) in [6, 6.07) is 10.1. The van der Waals surface area contributed by atoms with Crippen LogP contribution in [-0.4, -0.2) is 21.7 Å². The summed E-state index contributed by atoms with van der Waals surface area (Å²) < 4.78 is 32.5. The van der Waals surface area contributed by atoms with Gasteiger partial charge in [0.05, 0.1) is 19.0 Å². The van der Waals surface area contributed by atoms with Crippen LogP contribution in [0, 0.1) is 0 Å². The number of ether oxygens (including phenoxy) is 1. The third kappa shape index (κ3) is 2.09. The molecule has 0 aliphatic rings. The quantitative estimate of drug-likeness (QED) is 0.736. The first kappa shape index (κ1) is 12.5. The molecule has 20 heavy (non-hydrogen) atoms. The third-order valence-electron chi connectivity index (χ3n) is 2.98. The Morgan fingerprint density at radius 1 is 1.20 bits per heavy atom. The van der Waals surface area contributed by atoms with Crippen LogP contribution in [0.2, 0.25) is 0 Å². The zero-order chi connectivity index (χ0) is 14.1. The second kappa shape index (κ2) is 4.88. The number of alkyl halides is 2. The minimum atomic E-state index is -2.62. The van der Waals surface area contributed by atoms with Gasteiger partial charge in [-0.15, -0.1) is 0 Å². The van der Waals surface area contributed by atoms with E-state index in [0.717, 1.165) is 10.1 Å². The first-order chi connectivity index (χ1) is 9.69. The van der Waals surface area contributed by atoms with Gasteiger partial charge in [0.1, 0.15) is 11.4 Å². The molecule has 0 aliphatic heterocycles. The molecule has 2 aromatic heterocycles. The monoisotopic (exact) mass is 275 g/mol. The SMILES string of the molecule is COc1cccc(-c2cc(C(F)F)n3nccc3n2)c1. The van der Waals surface area contributed by atoms with Crippen molar-refractivity contribution in [1.29, 1.82) is 0 Å². The molecule has 3 aromatic rings. The van der Waals surface area contributed by atoms with E-state index in [2.05, 4.69) is 10.1 Å². The molecule has 6 heteroatoms. The molecule has 0 N–H and O–H groups in total. The molecule has 0 aliphatic carbocycles. The van der Waals surface area contributed by atoms with Gasteiger partial charge in [-0.2, -0.15) is 5.10 Å². The summed E-state index contributed by atoms with van der Waals surface area (Å²) in [5, 5.41) is 3.86. The molecular formula is C14H11F2N3O.